The van der Waals surface area contributed by atoms with Gasteiger partial charge >= 0.3 is 0 Å². The van der Waals surface area contributed by atoms with Crippen LogP contribution in [-0.2, 0) is 17.8 Å². The minimum atomic E-state index is 0.00439. The van der Waals surface area contributed by atoms with Crippen molar-refractivity contribution in [3.8, 4) is 0 Å². The van der Waals surface area contributed by atoms with E-state index in [1.54, 1.807) is 19.4 Å². The molecule has 1 saturated carbocycles. The minimum Gasteiger partial charge on any atom is -0.469 e. The van der Waals surface area contributed by atoms with Gasteiger partial charge in [-0.2, -0.15) is 0 Å². The molecular weight excluding hydrogens is 306 g/mol. The van der Waals surface area contributed by atoms with E-state index in [4.69, 9.17) is 9.15 Å². The third-order valence-electron chi connectivity index (χ3n) is 5.02. The van der Waals surface area contributed by atoms with Crippen LogP contribution in [0.1, 0.15) is 46.3 Å². The number of fused-ring (bicyclic) bond motifs is 1. The van der Waals surface area contributed by atoms with Crippen molar-refractivity contribution in [2.24, 2.45) is 5.92 Å². The largest absolute Gasteiger partial charge is 0.469 e. The van der Waals surface area contributed by atoms with Gasteiger partial charge in [0.25, 0.3) is 5.91 Å². The third-order valence-corrected chi connectivity index (χ3v) is 5.02. The summed E-state index contributed by atoms with van der Waals surface area (Å²) in [4.78, 5) is 19.3. The zero-order valence-electron chi connectivity index (χ0n) is 14.2. The van der Waals surface area contributed by atoms with E-state index in [2.05, 4.69) is 9.55 Å². The molecular formula is C18H23N3O3. The van der Waals surface area contributed by atoms with Crippen LogP contribution in [0.15, 0.2) is 23.1 Å². The molecule has 1 amide bonds. The van der Waals surface area contributed by atoms with Crippen molar-refractivity contribution < 1.29 is 13.9 Å². The van der Waals surface area contributed by atoms with Crippen LogP contribution in [0, 0.1) is 12.8 Å². The Morgan fingerprint density at radius 1 is 1.46 bits per heavy atom. The molecule has 1 atom stereocenters. The highest BCUT2D eigenvalue weighted by Gasteiger charge is 2.34. The molecule has 0 N–H and O–H groups in total. The topological polar surface area (TPSA) is 60.5 Å². The summed E-state index contributed by atoms with van der Waals surface area (Å²) in [5.41, 5.74) is 2.88. The van der Waals surface area contributed by atoms with Gasteiger partial charge in [0.1, 0.15) is 5.76 Å². The van der Waals surface area contributed by atoms with Crippen LogP contribution in [0.3, 0.4) is 0 Å². The highest BCUT2D eigenvalue weighted by atomic mass is 16.5. The van der Waals surface area contributed by atoms with Gasteiger partial charge in [-0.25, -0.2) is 4.98 Å². The van der Waals surface area contributed by atoms with Crippen molar-refractivity contribution in [1.29, 1.82) is 0 Å². The summed E-state index contributed by atoms with van der Waals surface area (Å²) in [5.74, 6) is 1.62. The van der Waals surface area contributed by atoms with Crippen LogP contribution in [-0.4, -0.2) is 40.6 Å². The summed E-state index contributed by atoms with van der Waals surface area (Å²) < 4.78 is 13.0. The van der Waals surface area contributed by atoms with E-state index in [0.29, 0.717) is 31.0 Å². The Kier molecular flexibility index (Phi) is 3.92. The first kappa shape index (κ1) is 15.4. The summed E-state index contributed by atoms with van der Waals surface area (Å²) in [7, 11) is 1.71. The number of rotatable bonds is 5. The van der Waals surface area contributed by atoms with Crippen molar-refractivity contribution in [3.63, 3.8) is 0 Å². The Hall–Kier alpha value is -2.08. The van der Waals surface area contributed by atoms with Crippen molar-refractivity contribution in [1.82, 2.24) is 14.5 Å². The first-order chi connectivity index (χ1) is 11.7. The second kappa shape index (κ2) is 6.09. The summed E-state index contributed by atoms with van der Waals surface area (Å²) in [5, 5.41) is 0. The smallest absolute Gasteiger partial charge is 0.257 e. The minimum absolute atomic E-state index is 0.00439. The van der Waals surface area contributed by atoms with Crippen molar-refractivity contribution in [2.45, 2.75) is 38.8 Å². The molecule has 4 rings (SSSR count). The number of methoxy groups -OCH3 is 1. The summed E-state index contributed by atoms with van der Waals surface area (Å²) >= 11 is 0. The predicted octanol–water partition coefficient (Wildman–Crippen LogP) is 2.58. The van der Waals surface area contributed by atoms with Gasteiger partial charge in [0.2, 0.25) is 0 Å². The molecule has 0 radical (unpaired) electrons. The molecule has 2 aromatic heterocycles. The molecule has 6 heteroatoms. The lowest BCUT2D eigenvalue weighted by molar-refractivity contribution is 0.0670. The molecule has 1 aliphatic heterocycles. The van der Waals surface area contributed by atoms with Crippen LogP contribution in [0.2, 0.25) is 0 Å². The van der Waals surface area contributed by atoms with Crippen molar-refractivity contribution >= 4 is 5.91 Å². The molecule has 0 saturated heterocycles. The number of hydrogen-bond acceptors (Lipinski definition) is 4. The molecule has 6 nitrogen and oxygen atoms in total. The number of nitrogens with zero attached hydrogens (tertiary/aromatic N) is 3. The summed E-state index contributed by atoms with van der Waals surface area (Å²) in [6.07, 6.45) is 6.12. The molecule has 2 aromatic rings. The first-order valence-corrected chi connectivity index (χ1v) is 8.53. The molecule has 24 heavy (non-hydrogen) atoms. The maximum absolute atomic E-state index is 12.8. The average molecular weight is 329 g/mol. The number of aromatic nitrogens is 2. The Bertz CT molecular complexity index is 745. The monoisotopic (exact) mass is 329 g/mol. The lowest BCUT2D eigenvalue weighted by Crippen LogP contribution is -2.40. The zero-order chi connectivity index (χ0) is 16.7. The van der Waals surface area contributed by atoms with E-state index in [-0.39, 0.29) is 11.8 Å². The van der Waals surface area contributed by atoms with Gasteiger partial charge in [0.05, 0.1) is 37.0 Å². The lowest BCUT2D eigenvalue weighted by Gasteiger charge is -2.33. The van der Waals surface area contributed by atoms with E-state index in [1.165, 1.54) is 18.5 Å². The highest BCUT2D eigenvalue weighted by Crippen LogP contribution is 2.34. The molecule has 0 unspecified atom stereocenters. The maximum Gasteiger partial charge on any atom is 0.257 e. The zero-order valence-corrected chi connectivity index (χ0v) is 14.2. The second-order valence-electron chi connectivity index (χ2n) is 6.90. The van der Waals surface area contributed by atoms with Gasteiger partial charge in [-0.15, -0.1) is 0 Å². The Labute approximate surface area is 141 Å². The van der Waals surface area contributed by atoms with Crippen LogP contribution in [0.25, 0.3) is 0 Å². The Balaban J connectivity index is 1.61. The van der Waals surface area contributed by atoms with E-state index in [1.807, 2.05) is 18.2 Å². The predicted molar refractivity (Wildman–Crippen MR) is 87.8 cm³/mol. The molecule has 3 heterocycles. The quantitative estimate of drug-likeness (QED) is 0.846. The number of aryl methyl sites for hydroxylation is 1. The second-order valence-corrected chi connectivity index (χ2v) is 6.90. The first-order valence-electron chi connectivity index (χ1n) is 8.53. The summed E-state index contributed by atoms with van der Waals surface area (Å²) in [6, 6.07) is 1.74. The van der Waals surface area contributed by atoms with Crippen LogP contribution in [0.5, 0.6) is 0 Å². The lowest BCUT2D eigenvalue weighted by atomic mass is 9.98. The molecule has 1 fully saturated rings. The van der Waals surface area contributed by atoms with Gasteiger partial charge in [0, 0.05) is 31.8 Å². The number of imidazole rings is 1. The highest BCUT2D eigenvalue weighted by molar-refractivity contribution is 5.95. The number of amides is 1. The normalized spacial score (nSPS) is 20.2. The molecule has 0 spiro atoms. The maximum atomic E-state index is 12.8. The Morgan fingerprint density at radius 2 is 2.29 bits per heavy atom. The fourth-order valence-corrected chi connectivity index (χ4v) is 3.61. The van der Waals surface area contributed by atoms with E-state index < -0.39 is 0 Å². The Morgan fingerprint density at radius 3 is 2.96 bits per heavy atom. The van der Waals surface area contributed by atoms with E-state index in [0.717, 1.165) is 18.2 Å². The van der Waals surface area contributed by atoms with Gasteiger partial charge in [0.15, 0.2) is 0 Å². The van der Waals surface area contributed by atoms with Crippen molar-refractivity contribution in [2.75, 3.05) is 20.3 Å². The van der Waals surface area contributed by atoms with E-state index in [9.17, 15) is 4.79 Å². The molecule has 1 aliphatic carbocycles. The number of furan rings is 1. The van der Waals surface area contributed by atoms with Crippen molar-refractivity contribution in [3.05, 3.63) is 41.4 Å². The van der Waals surface area contributed by atoms with E-state index >= 15 is 0 Å². The molecule has 0 aromatic carbocycles. The molecule has 2 aliphatic rings. The average Bonchev–Trinajstić information content (AvgIpc) is 3.14. The summed E-state index contributed by atoms with van der Waals surface area (Å²) in [6.45, 7) is 4.66. The fourth-order valence-electron chi connectivity index (χ4n) is 3.61. The van der Waals surface area contributed by atoms with Crippen LogP contribution >= 0.6 is 0 Å². The van der Waals surface area contributed by atoms with Gasteiger partial charge in [-0.05, 0) is 31.7 Å². The molecule has 0 bridgehead atoms. The standard InChI is InChI=1S/C18H23N3O3/c1-12-15(5-6-24-12)18(22)20-8-14(10-23-2)17-16(9-20)19-11-21(17)7-13-3-4-13/h5-6,11,13-14H,3-4,7-10H2,1-2H3/t14-/m0/s1. The number of carbonyl (C=O) groups excluding carboxylic acids is 1. The SMILES string of the molecule is COC[C@@H]1CN(C(=O)c2ccoc2C)Cc2ncn(CC3CC3)c21. The van der Waals surface area contributed by atoms with Gasteiger partial charge in [-0.3, -0.25) is 4.79 Å². The number of hydrogen-bond donors (Lipinski definition) is 0. The molecule has 128 valence electrons. The number of carbonyl (C=O) groups is 1. The third kappa shape index (κ3) is 2.75. The van der Waals surface area contributed by atoms with Gasteiger partial charge < -0.3 is 18.6 Å². The fraction of sp³-hybridized carbons (Fsp3) is 0.556. The number of ether oxygens (including phenoxy) is 1. The van der Waals surface area contributed by atoms with Gasteiger partial charge in [-0.1, -0.05) is 0 Å². The van der Waals surface area contributed by atoms with Crippen LogP contribution < -0.4 is 0 Å². The van der Waals surface area contributed by atoms with Crippen LogP contribution in [0.4, 0.5) is 0 Å².